The lowest BCUT2D eigenvalue weighted by Gasteiger charge is -2.13. The van der Waals surface area contributed by atoms with Crippen molar-refractivity contribution in [1.82, 2.24) is 20.8 Å². The number of carbonyl (C=O) groups is 1. The maximum Gasteiger partial charge on any atom is 0.315 e. The standard InChI is InChI=1S/C23H26N4O2/c28-23(24-15-17-5-9-19(10-6-17)22-13-14-26-27-22)25-16-18-7-11-21(12-8-18)29-20-3-1-2-4-20/h5-14,20H,1-4,15-16H2,(H,26,27)(H2,24,25,28). The Labute approximate surface area is 170 Å². The molecule has 4 rings (SSSR count). The lowest BCUT2D eigenvalue weighted by atomic mass is 10.1. The van der Waals surface area contributed by atoms with Gasteiger partial charge in [-0.3, -0.25) is 5.10 Å². The van der Waals surface area contributed by atoms with E-state index in [4.69, 9.17) is 4.74 Å². The molecule has 3 N–H and O–H groups in total. The van der Waals surface area contributed by atoms with Crippen LogP contribution in [0.4, 0.5) is 4.79 Å². The highest BCUT2D eigenvalue weighted by Crippen LogP contribution is 2.24. The fourth-order valence-corrected chi connectivity index (χ4v) is 3.53. The van der Waals surface area contributed by atoms with E-state index in [1.54, 1.807) is 6.20 Å². The van der Waals surface area contributed by atoms with Gasteiger partial charge in [-0.05, 0) is 60.6 Å². The van der Waals surface area contributed by atoms with Crippen molar-refractivity contribution >= 4 is 6.03 Å². The molecule has 1 fully saturated rings. The van der Waals surface area contributed by atoms with Gasteiger partial charge in [-0.1, -0.05) is 36.4 Å². The Bertz CT molecular complexity index is 899. The summed E-state index contributed by atoms with van der Waals surface area (Å²) in [5, 5.41) is 12.7. The molecule has 0 saturated heterocycles. The minimum atomic E-state index is -0.186. The molecule has 150 valence electrons. The first kappa shape index (κ1) is 19.1. The van der Waals surface area contributed by atoms with Crippen LogP contribution < -0.4 is 15.4 Å². The van der Waals surface area contributed by atoms with Gasteiger partial charge in [-0.25, -0.2) is 4.79 Å². The van der Waals surface area contributed by atoms with E-state index in [0.717, 1.165) is 41.0 Å². The Morgan fingerprint density at radius 1 is 0.931 bits per heavy atom. The highest BCUT2D eigenvalue weighted by Gasteiger charge is 2.16. The third-order valence-corrected chi connectivity index (χ3v) is 5.20. The van der Waals surface area contributed by atoms with E-state index >= 15 is 0 Å². The maximum absolute atomic E-state index is 12.1. The average molecular weight is 390 g/mol. The highest BCUT2D eigenvalue weighted by atomic mass is 16.5. The molecule has 3 aromatic rings. The minimum absolute atomic E-state index is 0.186. The van der Waals surface area contributed by atoms with Crippen LogP contribution in [0.2, 0.25) is 0 Å². The summed E-state index contributed by atoms with van der Waals surface area (Å²) in [6.45, 7) is 0.956. The first-order valence-electron chi connectivity index (χ1n) is 10.1. The molecule has 1 aromatic heterocycles. The summed E-state index contributed by atoms with van der Waals surface area (Å²) in [4.78, 5) is 12.1. The molecule has 1 saturated carbocycles. The summed E-state index contributed by atoms with van der Waals surface area (Å²) >= 11 is 0. The first-order valence-corrected chi connectivity index (χ1v) is 10.1. The Kier molecular flexibility index (Phi) is 6.10. The Balaban J connectivity index is 1.19. The second kappa shape index (κ2) is 9.28. The zero-order valence-corrected chi connectivity index (χ0v) is 16.4. The number of rotatable bonds is 7. The number of nitrogens with zero attached hydrogens (tertiary/aromatic N) is 1. The van der Waals surface area contributed by atoms with Gasteiger partial charge in [0.2, 0.25) is 0 Å². The van der Waals surface area contributed by atoms with Gasteiger partial charge in [0.1, 0.15) is 5.75 Å². The summed E-state index contributed by atoms with van der Waals surface area (Å²) in [6.07, 6.45) is 6.90. The van der Waals surface area contributed by atoms with Crippen molar-refractivity contribution in [3.05, 3.63) is 71.9 Å². The third-order valence-electron chi connectivity index (χ3n) is 5.20. The number of nitrogens with one attached hydrogen (secondary N) is 3. The molecule has 6 heteroatoms. The number of ether oxygens (including phenoxy) is 1. The van der Waals surface area contributed by atoms with Crippen LogP contribution in [0.15, 0.2) is 60.8 Å². The van der Waals surface area contributed by atoms with Crippen LogP contribution in [-0.4, -0.2) is 22.3 Å². The van der Waals surface area contributed by atoms with E-state index in [1.807, 2.05) is 54.6 Å². The molecule has 6 nitrogen and oxygen atoms in total. The van der Waals surface area contributed by atoms with E-state index in [9.17, 15) is 4.79 Å². The maximum atomic E-state index is 12.1. The molecule has 1 aliphatic carbocycles. The second-order valence-corrected chi connectivity index (χ2v) is 7.37. The Hall–Kier alpha value is -3.28. The third kappa shape index (κ3) is 5.38. The van der Waals surface area contributed by atoms with Gasteiger partial charge in [-0.15, -0.1) is 0 Å². The quantitative estimate of drug-likeness (QED) is 0.559. The topological polar surface area (TPSA) is 79.0 Å². The molecule has 0 spiro atoms. The average Bonchev–Trinajstić information content (AvgIpc) is 3.47. The summed E-state index contributed by atoms with van der Waals surface area (Å²) in [5.41, 5.74) is 4.12. The largest absolute Gasteiger partial charge is 0.490 e. The van der Waals surface area contributed by atoms with Crippen molar-refractivity contribution in [3.8, 4) is 17.0 Å². The van der Waals surface area contributed by atoms with E-state index in [0.29, 0.717) is 19.2 Å². The van der Waals surface area contributed by atoms with Crippen molar-refractivity contribution in [2.24, 2.45) is 0 Å². The minimum Gasteiger partial charge on any atom is -0.490 e. The summed E-state index contributed by atoms with van der Waals surface area (Å²) in [6, 6.07) is 17.7. The van der Waals surface area contributed by atoms with Crippen molar-refractivity contribution < 1.29 is 9.53 Å². The summed E-state index contributed by atoms with van der Waals surface area (Å²) in [7, 11) is 0. The van der Waals surface area contributed by atoms with Crippen LogP contribution in [-0.2, 0) is 13.1 Å². The van der Waals surface area contributed by atoms with Crippen LogP contribution >= 0.6 is 0 Å². The number of amides is 2. The number of aromatic amines is 1. The lowest BCUT2D eigenvalue weighted by molar-refractivity contribution is 0.210. The fraction of sp³-hybridized carbons (Fsp3) is 0.304. The van der Waals surface area contributed by atoms with Gasteiger partial charge in [0, 0.05) is 19.3 Å². The molecule has 1 aliphatic rings. The molecular weight excluding hydrogens is 364 g/mol. The van der Waals surface area contributed by atoms with Crippen molar-refractivity contribution in [3.63, 3.8) is 0 Å². The highest BCUT2D eigenvalue weighted by molar-refractivity contribution is 5.73. The number of hydrogen-bond donors (Lipinski definition) is 3. The molecule has 0 atom stereocenters. The van der Waals surface area contributed by atoms with E-state index in [1.165, 1.54) is 12.8 Å². The van der Waals surface area contributed by atoms with E-state index in [-0.39, 0.29) is 6.03 Å². The van der Waals surface area contributed by atoms with Gasteiger partial charge in [0.05, 0.1) is 11.8 Å². The zero-order valence-electron chi connectivity index (χ0n) is 16.4. The monoisotopic (exact) mass is 390 g/mol. The summed E-state index contributed by atoms with van der Waals surface area (Å²) in [5.74, 6) is 0.906. The molecule has 2 aromatic carbocycles. The molecule has 0 unspecified atom stereocenters. The van der Waals surface area contributed by atoms with Gasteiger partial charge in [-0.2, -0.15) is 5.10 Å². The fourth-order valence-electron chi connectivity index (χ4n) is 3.53. The van der Waals surface area contributed by atoms with Gasteiger partial charge < -0.3 is 15.4 Å². The van der Waals surface area contributed by atoms with Gasteiger partial charge in [0.15, 0.2) is 0 Å². The number of hydrogen-bond acceptors (Lipinski definition) is 3. The molecule has 0 bridgehead atoms. The normalized spacial score (nSPS) is 13.9. The van der Waals surface area contributed by atoms with E-state index < -0.39 is 0 Å². The Morgan fingerprint density at radius 3 is 2.14 bits per heavy atom. The predicted molar refractivity (Wildman–Crippen MR) is 112 cm³/mol. The number of aromatic nitrogens is 2. The van der Waals surface area contributed by atoms with Crippen molar-refractivity contribution in [1.29, 1.82) is 0 Å². The van der Waals surface area contributed by atoms with E-state index in [2.05, 4.69) is 20.8 Å². The SMILES string of the molecule is O=C(NCc1ccc(OC2CCCC2)cc1)NCc1ccc(-c2ccn[nH]2)cc1. The Morgan fingerprint density at radius 2 is 1.55 bits per heavy atom. The molecule has 29 heavy (non-hydrogen) atoms. The number of benzene rings is 2. The lowest BCUT2D eigenvalue weighted by Crippen LogP contribution is -2.34. The van der Waals surface area contributed by atoms with Gasteiger partial charge in [0.25, 0.3) is 0 Å². The van der Waals surface area contributed by atoms with Crippen LogP contribution in [0.3, 0.4) is 0 Å². The number of carbonyl (C=O) groups excluding carboxylic acids is 1. The molecule has 0 aliphatic heterocycles. The van der Waals surface area contributed by atoms with Crippen molar-refractivity contribution in [2.45, 2.75) is 44.9 Å². The van der Waals surface area contributed by atoms with Crippen molar-refractivity contribution in [2.75, 3.05) is 0 Å². The van der Waals surface area contributed by atoms with Crippen LogP contribution in [0.5, 0.6) is 5.75 Å². The molecule has 1 heterocycles. The number of H-pyrrole nitrogens is 1. The second-order valence-electron chi connectivity index (χ2n) is 7.37. The van der Waals surface area contributed by atoms with Crippen LogP contribution in [0.25, 0.3) is 11.3 Å². The van der Waals surface area contributed by atoms with Crippen LogP contribution in [0, 0.1) is 0 Å². The summed E-state index contributed by atoms with van der Waals surface area (Å²) < 4.78 is 5.97. The smallest absolute Gasteiger partial charge is 0.315 e. The number of urea groups is 1. The zero-order chi connectivity index (χ0) is 19.9. The predicted octanol–water partition coefficient (Wildman–Crippen LogP) is 4.40. The molecular formula is C23H26N4O2. The molecule has 2 amide bonds. The van der Waals surface area contributed by atoms with Crippen LogP contribution in [0.1, 0.15) is 36.8 Å². The van der Waals surface area contributed by atoms with Gasteiger partial charge >= 0.3 is 6.03 Å². The first-order chi connectivity index (χ1) is 14.3. The molecule has 0 radical (unpaired) electrons.